The van der Waals surface area contributed by atoms with Crippen LogP contribution in [0.1, 0.15) is 69.7 Å². The lowest BCUT2D eigenvalue weighted by molar-refractivity contribution is 0.0424. The SMILES string of the molecule is CCN1CN(C)Cc2ccc3c(c21)CN1CN3Cc2cc(OCC(O)CNCCN(CCNCC(O)COc3ccc4c(c3)CN3CN4CC4=C3C=CC3CN(C)CN(CC)C43)C(C)(CC)CC)ccc21. The van der Waals surface area contributed by atoms with Gasteiger partial charge in [0.25, 0.3) is 0 Å². The smallest absolute Gasteiger partial charge is 0.119 e. The second-order valence-corrected chi connectivity index (χ2v) is 21.7. The molecule has 3 aromatic carbocycles. The second-order valence-electron chi connectivity index (χ2n) is 21.7. The number of rotatable bonds is 21. The van der Waals surface area contributed by atoms with Crippen LogP contribution in [0.25, 0.3) is 0 Å². The summed E-state index contributed by atoms with van der Waals surface area (Å²) in [6, 6.07) is 18.0. The molecule has 4 bridgehead atoms. The van der Waals surface area contributed by atoms with E-state index in [9.17, 15) is 10.2 Å². The van der Waals surface area contributed by atoms with Crippen LogP contribution in [0.4, 0.5) is 22.7 Å². The standard InChI is InChI=1S/C56H83N11O4/c1-8-56(5,9-2)67(22-20-57-26-44(68)34-70-46-14-18-50-42(24-46)30-63-38-65(50)32-48-52(63)16-12-40-28-59(6)36-61(10-3)54(40)48)23-21-58-27-45(69)35-71-47-15-19-51-43(25-47)31-64-39-66(51)33-49-53(64)17-13-41-29-60(7)37-62(11-4)55(41)49/h12-19,24-25,40,44-45,54,57-58,68-69H,8-11,20-23,26-39H2,1-7H3. The van der Waals surface area contributed by atoms with Crippen LogP contribution in [-0.2, 0) is 26.2 Å². The molecule has 10 rings (SSSR count). The van der Waals surface area contributed by atoms with Gasteiger partial charge >= 0.3 is 0 Å². The number of allylic oxidation sites excluding steroid dienone is 1. The number of fused-ring (bicyclic) bond motifs is 15. The first kappa shape index (κ1) is 50.0. The van der Waals surface area contributed by atoms with Gasteiger partial charge in [0.05, 0.1) is 26.7 Å². The molecule has 0 radical (unpaired) electrons. The number of aliphatic hydroxyl groups excluding tert-OH is 2. The van der Waals surface area contributed by atoms with Crippen molar-refractivity contribution in [3.8, 4) is 11.5 Å². The number of nitrogens with one attached hydrogen (secondary N) is 2. The average Bonchev–Trinajstić information content (AvgIpc) is 3.37. The Kier molecular flexibility index (Phi) is 15.1. The van der Waals surface area contributed by atoms with Crippen LogP contribution in [0, 0.1) is 5.92 Å². The van der Waals surface area contributed by atoms with Gasteiger partial charge in [0, 0.05) is 137 Å². The van der Waals surface area contributed by atoms with Crippen molar-refractivity contribution in [2.45, 2.75) is 97.4 Å². The summed E-state index contributed by atoms with van der Waals surface area (Å²) in [5.41, 5.74) is 13.8. The number of hydrogen-bond acceptors (Lipinski definition) is 15. The fourth-order valence-corrected chi connectivity index (χ4v) is 12.7. The van der Waals surface area contributed by atoms with Crippen LogP contribution in [0.2, 0.25) is 0 Å². The first-order valence-corrected chi connectivity index (χ1v) is 26.9. The predicted octanol–water partition coefficient (Wildman–Crippen LogP) is 5.08. The number of likely N-dealkylation sites (N-methyl/N-ethyl adjacent to an activating group) is 1. The monoisotopic (exact) mass is 974 g/mol. The molecule has 4 unspecified atom stereocenters. The molecule has 4 atom stereocenters. The van der Waals surface area contributed by atoms with E-state index in [0.29, 0.717) is 25.0 Å². The summed E-state index contributed by atoms with van der Waals surface area (Å²) in [7, 11) is 4.44. The summed E-state index contributed by atoms with van der Waals surface area (Å²) in [5.74, 6) is 2.14. The molecule has 6 aliphatic heterocycles. The molecule has 15 nitrogen and oxygen atoms in total. The Morgan fingerprint density at radius 1 is 0.676 bits per heavy atom. The summed E-state index contributed by atoms with van der Waals surface area (Å²) < 4.78 is 12.4. The molecule has 386 valence electrons. The van der Waals surface area contributed by atoms with Crippen LogP contribution in [-0.4, -0.2) is 178 Å². The Morgan fingerprint density at radius 3 is 1.92 bits per heavy atom. The lowest BCUT2D eigenvalue weighted by Crippen LogP contribution is -2.59. The van der Waals surface area contributed by atoms with Crippen LogP contribution in [0.3, 0.4) is 0 Å². The van der Waals surface area contributed by atoms with E-state index in [4.69, 9.17) is 9.47 Å². The fourth-order valence-electron chi connectivity index (χ4n) is 12.7. The lowest BCUT2D eigenvalue weighted by Gasteiger charge is -2.53. The van der Waals surface area contributed by atoms with Crippen LogP contribution >= 0.6 is 0 Å². The zero-order chi connectivity index (χ0) is 49.4. The van der Waals surface area contributed by atoms with Crippen molar-refractivity contribution in [3.63, 3.8) is 0 Å². The van der Waals surface area contributed by atoms with E-state index in [1.807, 2.05) is 0 Å². The highest BCUT2D eigenvalue weighted by Crippen LogP contribution is 2.46. The third-order valence-corrected chi connectivity index (χ3v) is 16.9. The highest BCUT2D eigenvalue weighted by atomic mass is 16.5. The van der Waals surface area contributed by atoms with Crippen molar-refractivity contribution in [1.82, 2.24) is 35.1 Å². The molecule has 1 aliphatic carbocycles. The highest BCUT2D eigenvalue weighted by Gasteiger charge is 2.42. The molecule has 0 spiro atoms. The number of aliphatic hydroxyl groups is 2. The van der Waals surface area contributed by atoms with E-state index in [0.717, 1.165) is 130 Å². The predicted molar refractivity (Wildman–Crippen MR) is 286 cm³/mol. The molecule has 15 heteroatoms. The number of ether oxygens (including phenoxy) is 2. The van der Waals surface area contributed by atoms with Crippen molar-refractivity contribution < 1.29 is 19.7 Å². The Labute approximate surface area is 424 Å². The minimum absolute atomic E-state index is 0.0495. The molecule has 3 aromatic rings. The Balaban J connectivity index is 0.650. The van der Waals surface area contributed by atoms with E-state index in [1.165, 1.54) is 50.7 Å². The van der Waals surface area contributed by atoms with Crippen molar-refractivity contribution in [3.05, 3.63) is 94.2 Å². The first-order chi connectivity index (χ1) is 34.4. The van der Waals surface area contributed by atoms with Crippen LogP contribution < -0.4 is 39.7 Å². The zero-order valence-electron chi connectivity index (χ0n) is 43.9. The average molecular weight is 974 g/mol. The van der Waals surface area contributed by atoms with Gasteiger partial charge in [-0.25, -0.2) is 0 Å². The van der Waals surface area contributed by atoms with E-state index in [2.05, 4.69) is 164 Å². The third-order valence-electron chi connectivity index (χ3n) is 16.9. The number of nitrogens with zero attached hydrogens (tertiary/aromatic N) is 9. The molecular formula is C56H83N11O4. The van der Waals surface area contributed by atoms with Gasteiger partial charge in [-0.1, -0.05) is 32.9 Å². The summed E-state index contributed by atoms with van der Waals surface area (Å²) in [5, 5.41) is 29.0. The van der Waals surface area contributed by atoms with E-state index >= 15 is 0 Å². The van der Waals surface area contributed by atoms with Gasteiger partial charge in [-0.3, -0.25) is 19.6 Å². The highest BCUT2D eigenvalue weighted by molar-refractivity contribution is 5.77. The topological polar surface area (TPSA) is 112 Å². The maximum atomic E-state index is 11.0. The molecule has 1 saturated heterocycles. The molecule has 0 saturated carbocycles. The molecular weight excluding hydrogens is 891 g/mol. The van der Waals surface area contributed by atoms with Crippen molar-refractivity contribution in [2.75, 3.05) is 139 Å². The third kappa shape index (κ3) is 10.4. The fraction of sp³-hybridized carbons (Fsp3) is 0.607. The molecule has 7 aliphatic rings. The molecule has 6 heterocycles. The van der Waals surface area contributed by atoms with Gasteiger partial charge in [0.1, 0.15) is 36.9 Å². The van der Waals surface area contributed by atoms with Gasteiger partial charge in [-0.2, -0.15) is 0 Å². The largest absolute Gasteiger partial charge is 0.491 e. The first-order valence-electron chi connectivity index (χ1n) is 26.9. The van der Waals surface area contributed by atoms with E-state index in [1.54, 1.807) is 5.57 Å². The van der Waals surface area contributed by atoms with Gasteiger partial charge in [0.15, 0.2) is 0 Å². The maximum Gasteiger partial charge on any atom is 0.119 e. The summed E-state index contributed by atoms with van der Waals surface area (Å²) in [4.78, 5) is 22.6. The van der Waals surface area contributed by atoms with Gasteiger partial charge in [-0.15, -0.1) is 0 Å². The van der Waals surface area contributed by atoms with Gasteiger partial charge < -0.3 is 54.8 Å². The normalized spacial score (nSPS) is 21.7. The molecule has 0 amide bonds. The maximum absolute atomic E-state index is 11.0. The van der Waals surface area contributed by atoms with Crippen molar-refractivity contribution >= 4 is 22.7 Å². The summed E-state index contributed by atoms with van der Waals surface area (Å²) >= 11 is 0. The molecule has 1 fully saturated rings. The van der Waals surface area contributed by atoms with Gasteiger partial charge in [-0.05, 0) is 118 Å². The molecule has 0 aromatic heterocycles. The number of benzene rings is 3. The van der Waals surface area contributed by atoms with E-state index in [-0.39, 0.29) is 18.8 Å². The molecule has 4 N–H and O–H groups in total. The van der Waals surface area contributed by atoms with Gasteiger partial charge in [0.2, 0.25) is 0 Å². The second kappa shape index (κ2) is 21.5. The van der Waals surface area contributed by atoms with Crippen LogP contribution in [0.15, 0.2) is 72.0 Å². The minimum atomic E-state index is -0.630. The molecule has 71 heavy (non-hydrogen) atoms. The van der Waals surface area contributed by atoms with Crippen molar-refractivity contribution in [2.24, 2.45) is 5.92 Å². The van der Waals surface area contributed by atoms with Crippen molar-refractivity contribution in [1.29, 1.82) is 0 Å². The summed E-state index contributed by atoms with van der Waals surface area (Å²) in [6.07, 6.45) is 5.66. The zero-order valence-corrected chi connectivity index (χ0v) is 43.9. The summed E-state index contributed by atoms with van der Waals surface area (Å²) in [6.45, 7) is 27.5. The minimum Gasteiger partial charge on any atom is -0.491 e. The Morgan fingerprint density at radius 2 is 1.28 bits per heavy atom. The Hall–Kier alpha value is -4.58. The Bertz CT molecular complexity index is 2410. The van der Waals surface area contributed by atoms with Crippen LogP contribution in [0.5, 0.6) is 11.5 Å². The lowest BCUT2D eigenvalue weighted by atomic mass is 9.82. The number of anilines is 4. The van der Waals surface area contributed by atoms with E-state index < -0.39 is 12.2 Å². The number of hydrogen-bond donors (Lipinski definition) is 4. The quantitative estimate of drug-likeness (QED) is 0.107.